The molecule has 1 fully saturated rings. The molecule has 2 rings (SSSR count). The van der Waals surface area contributed by atoms with E-state index in [0.717, 1.165) is 5.56 Å². The summed E-state index contributed by atoms with van der Waals surface area (Å²) in [4.78, 5) is 0. The first-order valence-electron chi connectivity index (χ1n) is 4.61. The van der Waals surface area contributed by atoms with E-state index >= 15 is 0 Å². The highest BCUT2D eigenvalue weighted by Gasteiger charge is 2.54. The molecular weight excluding hydrogens is 217 g/mol. The lowest BCUT2D eigenvalue weighted by Gasteiger charge is -1.98. The van der Waals surface area contributed by atoms with E-state index in [-0.39, 0.29) is 17.8 Å². The summed E-state index contributed by atoms with van der Waals surface area (Å²) >= 11 is 0. The third kappa shape index (κ3) is 1.89. The van der Waals surface area contributed by atoms with Crippen LogP contribution in [0.15, 0.2) is 24.3 Å². The van der Waals surface area contributed by atoms with Crippen LogP contribution in [-0.2, 0) is 9.84 Å². The smallest absolute Gasteiger partial charge is 0.152 e. The average molecular weight is 229 g/mol. The van der Waals surface area contributed by atoms with Crippen molar-refractivity contribution >= 4 is 9.84 Å². The quantitative estimate of drug-likeness (QED) is 0.810. The first-order valence-corrected chi connectivity index (χ1v) is 6.56. The van der Waals surface area contributed by atoms with E-state index in [9.17, 15) is 12.8 Å². The van der Waals surface area contributed by atoms with Crippen molar-refractivity contribution in [1.82, 2.24) is 0 Å². The van der Waals surface area contributed by atoms with Crippen LogP contribution >= 0.6 is 0 Å². The van der Waals surface area contributed by atoms with Crippen LogP contribution < -0.4 is 5.73 Å². The van der Waals surface area contributed by atoms with Gasteiger partial charge in [0.25, 0.3) is 0 Å². The minimum Gasteiger partial charge on any atom is -0.326 e. The summed E-state index contributed by atoms with van der Waals surface area (Å²) in [7, 11) is -3.11. The predicted octanol–water partition coefficient (Wildman–Crippen LogP) is 0.663. The van der Waals surface area contributed by atoms with E-state index < -0.39 is 15.1 Å². The zero-order valence-electron chi connectivity index (χ0n) is 8.22. The van der Waals surface area contributed by atoms with Crippen LogP contribution in [0.25, 0.3) is 0 Å². The summed E-state index contributed by atoms with van der Waals surface area (Å²) in [6.45, 7) is 0. The van der Waals surface area contributed by atoms with Gasteiger partial charge in [-0.1, -0.05) is 12.1 Å². The molecule has 15 heavy (non-hydrogen) atoms. The van der Waals surface area contributed by atoms with Crippen LogP contribution in [0.3, 0.4) is 0 Å². The molecule has 0 bridgehead atoms. The maximum absolute atomic E-state index is 12.6. The lowest BCUT2D eigenvalue weighted by molar-refractivity contribution is 0.599. The summed E-state index contributed by atoms with van der Waals surface area (Å²) in [5.41, 5.74) is 6.49. The van der Waals surface area contributed by atoms with E-state index in [2.05, 4.69) is 0 Å². The molecule has 82 valence electrons. The molecule has 0 heterocycles. The Morgan fingerprint density at radius 3 is 2.20 bits per heavy atom. The van der Waals surface area contributed by atoms with Gasteiger partial charge in [0.2, 0.25) is 0 Å². The van der Waals surface area contributed by atoms with Crippen molar-refractivity contribution in [2.24, 2.45) is 5.73 Å². The summed E-state index contributed by atoms with van der Waals surface area (Å²) in [5, 5.41) is -0.511. The number of nitrogens with two attached hydrogens (primary N) is 1. The minimum absolute atomic E-state index is 0.180. The fourth-order valence-corrected chi connectivity index (χ4v) is 3.47. The molecule has 3 atom stereocenters. The van der Waals surface area contributed by atoms with Crippen molar-refractivity contribution in [3.8, 4) is 0 Å². The highest BCUT2D eigenvalue weighted by molar-refractivity contribution is 7.91. The van der Waals surface area contributed by atoms with Crippen LogP contribution in [0.5, 0.6) is 0 Å². The summed E-state index contributed by atoms with van der Waals surface area (Å²) in [6, 6.07) is 5.46. The molecule has 0 unspecified atom stereocenters. The summed E-state index contributed by atoms with van der Waals surface area (Å²) in [5.74, 6) is -0.510. The van der Waals surface area contributed by atoms with Gasteiger partial charge in [0, 0.05) is 18.2 Å². The number of halogens is 1. The Hall–Kier alpha value is -0.940. The minimum atomic E-state index is -3.11. The van der Waals surface area contributed by atoms with E-state index in [4.69, 9.17) is 5.73 Å². The zero-order chi connectivity index (χ0) is 11.2. The molecule has 1 aromatic carbocycles. The Morgan fingerprint density at radius 1 is 1.27 bits per heavy atom. The Balaban J connectivity index is 2.26. The second-order valence-corrected chi connectivity index (χ2v) is 6.15. The van der Waals surface area contributed by atoms with Crippen LogP contribution in [0.2, 0.25) is 0 Å². The van der Waals surface area contributed by atoms with Crippen molar-refractivity contribution in [3.05, 3.63) is 35.6 Å². The molecule has 3 nitrogen and oxygen atoms in total. The molecule has 0 aliphatic heterocycles. The number of benzene rings is 1. The fraction of sp³-hybridized carbons (Fsp3) is 0.400. The number of hydrogen-bond acceptors (Lipinski definition) is 3. The van der Waals surface area contributed by atoms with E-state index in [1.54, 1.807) is 12.1 Å². The van der Waals surface area contributed by atoms with Crippen LogP contribution in [0.4, 0.5) is 4.39 Å². The third-order valence-corrected chi connectivity index (χ3v) is 4.35. The number of hydrogen-bond donors (Lipinski definition) is 1. The summed E-state index contributed by atoms with van der Waals surface area (Å²) < 4.78 is 35.3. The maximum atomic E-state index is 12.6. The van der Waals surface area contributed by atoms with Crippen LogP contribution in [0, 0.1) is 5.82 Å². The van der Waals surface area contributed by atoms with Crippen LogP contribution in [0.1, 0.15) is 11.5 Å². The Morgan fingerprint density at radius 2 is 1.80 bits per heavy atom. The van der Waals surface area contributed by atoms with Gasteiger partial charge in [-0.2, -0.15) is 0 Å². The van der Waals surface area contributed by atoms with E-state index in [0.29, 0.717) is 0 Å². The van der Waals surface area contributed by atoms with Gasteiger partial charge in [0.05, 0.1) is 5.25 Å². The van der Waals surface area contributed by atoms with Gasteiger partial charge < -0.3 is 5.73 Å². The molecule has 0 amide bonds. The fourth-order valence-electron chi connectivity index (χ4n) is 1.95. The molecule has 1 aromatic rings. The van der Waals surface area contributed by atoms with Gasteiger partial charge in [-0.25, -0.2) is 12.8 Å². The normalized spacial score (nSPS) is 30.2. The van der Waals surface area contributed by atoms with Crippen molar-refractivity contribution in [3.63, 3.8) is 0 Å². The second-order valence-electron chi connectivity index (χ2n) is 3.95. The van der Waals surface area contributed by atoms with Gasteiger partial charge in [-0.3, -0.25) is 0 Å². The third-order valence-electron chi connectivity index (χ3n) is 2.76. The molecule has 0 radical (unpaired) electrons. The lowest BCUT2D eigenvalue weighted by atomic mass is 10.1. The Labute approximate surface area is 88.0 Å². The highest BCUT2D eigenvalue weighted by Crippen LogP contribution is 2.44. The van der Waals surface area contributed by atoms with Gasteiger partial charge >= 0.3 is 0 Å². The van der Waals surface area contributed by atoms with Gasteiger partial charge in [0.1, 0.15) is 5.82 Å². The maximum Gasteiger partial charge on any atom is 0.152 e. The van der Waals surface area contributed by atoms with Crippen molar-refractivity contribution in [1.29, 1.82) is 0 Å². The molecule has 2 N–H and O–H groups in total. The molecule has 1 aliphatic rings. The van der Waals surface area contributed by atoms with Crippen LogP contribution in [-0.4, -0.2) is 26.0 Å². The molecule has 0 spiro atoms. The molecule has 0 aromatic heterocycles. The molecule has 0 saturated heterocycles. The molecule has 5 heteroatoms. The van der Waals surface area contributed by atoms with Crippen molar-refractivity contribution < 1.29 is 12.8 Å². The number of rotatable bonds is 2. The Bertz CT molecular complexity index is 469. The zero-order valence-corrected chi connectivity index (χ0v) is 9.04. The topological polar surface area (TPSA) is 60.2 Å². The lowest BCUT2D eigenvalue weighted by Crippen LogP contribution is -2.13. The van der Waals surface area contributed by atoms with Gasteiger partial charge in [0.15, 0.2) is 9.84 Å². The number of sulfone groups is 1. The summed E-state index contributed by atoms with van der Waals surface area (Å²) in [6.07, 6.45) is 1.18. The van der Waals surface area contributed by atoms with E-state index in [1.807, 2.05) is 0 Å². The second kappa shape index (κ2) is 3.28. The van der Waals surface area contributed by atoms with Crippen molar-refractivity contribution in [2.45, 2.75) is 17.2 Å². The Kier molecular flexibility index (Phi) is 2.31. The highest BCUT2D eigenvalue weighted by atomic mass is 32.2. The largest absolute Gasteiger partial charge is 0.326 e. The average Bonchev–Trinajstić information content (AvgIpc) is 2.78. The van der Waals surface area contributed by atoms with Gasteiger partial charge in [-0.15, -0.1) is 0 Å². The standard InChI is InChI=1S/C10H12FNO2S/c1-15(13,14)10-8(9(10)12)6-2-4-7(11)5-3-6/h2-5,8-10H,12H2,1H3/t8-,9-,10-/m0/s1. The first-order chi connectivity index (χ1) is 6.91. The van der Waals surface area contributed by atoms with Gasteiger partial charge in [-0.05, 0) is 17.7 Å². The molecule has 1 saturated carbocycles. The first kappa shape index (κ1) is 10.6. The molecule has 1 aliphatic carbocycles. The van der Waals surface area contributed by atoms with Crippen molar-refractivity contribution in [2.75, 3.05) is 6.26 Å². The monoisotopic (exact) mass is 229 g/mol. The molecular formula is C10H12FNO2S. The SMILES string of the molecule is CS(=O)(=O)[C@@H]1[C@@H](N)[C@@H]1c1ccc(F)cc1. The predicted molar refractivity (Wildman–Crippen MR) is 55.7 cm³/mol. The van der Waals surface area contributed by atoms with E-state index in [1.165, 1.54) is 18.4 Å².